The quantitative estimate of drug-likeness (QED) is 0.359. The van der Waals surface area contributed by atoms with Gasteiger partial charge in [-0.1, -0.05) is 24.9 Å². The lowest BCUT2D eigenvalue weighted by molar-refractivity contribution is -0.116. The Hall–Kier alpha value is -3.12. The number of amides is 1. The fourth-order valence-corrected chi connectivity index (χ4v) is 2.83. The third-order valence-corrected chi connectivity index (χ3v) is 4.64. The van der Waals surface area contributed by atoms with Crippen molar-refractivity contribution in [2.24, 2.45) is 0 Å². The molecule has 0 saturated carbocycles. The second-order valence-corrected chi connectivity index (χ2v) is 7.18. The number of nitrogens with one attached hydrogen (secondary N) is 1. The van der Waals surface area contributed by atoms with Crippen LogP contribution in [0.25, 0.3) is 11.3 Å². The number of anilines is 1. The summed E-state index contributed by atoms with van der Waals surface area (Å²) in [6.45, 7) is 2.44. The van der Waals surface area contributed by atoms with E-state index >= 15 is 0 Å². The summed E-state index contributed by atoms with van der Waals surface area (Å²) in [5.74, 6) is 0.588. The lowest BCUT2D eigenvalue weighted by Gasteiger charge is -2.07. The summed E-state index contributed by atoms with van der Waals surface area (Å²) in [7, 11) is 0. The molecule has 30 heavy (non-hydrogen) atoms. The van der Waals surface area contributed by atoms with Crippen LogP contribution in [0.3, 0.4) is 0 Å². The van der Waals surface area contributed by atoms with Crippen LogP contribution < -0.4 is 5.32 Å². The van der Waals surface area contributed by atoms with Crippen molar-refractivity contribution in [3.8, 4) is 11.3 Å². The third kappa shape index (κ3) is 6.19. The van der Waals surface area contributed by atoms with E-state index < -0.39 is 0 Å². The van der Waals surface area contributed by atoms with Gasteiger partial charge in [0.15, 0.2) is 11.7 Å². The summed E-state index contributed by atoms with van der Waals surface area (Å²) in [5, 5.41) is 3.45. The predicted molar refractivity (Wildman–Crippen MR) is 116 cm³/mol. The molecule has 156 valence electrons. The van der Waals surface area contributed by atoms with Crippen LogP contribution in [0, 0.1) is 0 Å². The highest BCUT2D eigenvalue weighted by molar-refractivity contribution is 6.30. The number of hydrogen-bond acceptors (Lipinski definition) is 5. The molecule has 0 radical (unpaired) electrons. The van der Waals surface area contributed by atoms with Gasteiger partial charge in [-0.2, -0.15) is 0 Å². The summed E-state index contributed by atoms with van der Waals surface area (Å²) in [5.41, 5.74) is 1.94. The number of hydrogen-bond donors (Lipinski definition) is 1. The first-order valence-electron chi connectivity index (χ1n) is 9.83. The van der Waals surface area contributed by atoms with E-state index in [0.717, 1.165) is 18.4 Å². The van der Waals surface area contributed by atoms with Crippen molar-refractivity contribution >= 4 is 29.2 Å². The minimum absolute atomic E-state index is 0.167. The molecule has 3 aromatic rings. The number of unbranched alkanes of at least 4 members (excludes halogenated alkanes) is 1. The Kier molecular flexibility index (Phi) is 7.63. The van der Waals surface area contributed by atoms with Gasteiger partial charge in [-0.05, 0) is 55.0 Å². The van der Waals surface area contributed by atoms with Gasteiger partial charge in [0, 0.05) is 29.1 Å². The molecule has 0 unspecified atom stereocenters. The van der Waals surface area contributed by atoms with Gasteiger partial charge in [0.2, 0.25) is 5.91 Å². The molecule has 0 aliphatic carbocycles. The summed E-state index contributed by atoms with van der Waals surface area (Å²) < 4.78 is 10.9. The number of carbonyl (C=O) groups excluding carboxylic acids is 2. The summed E-state index contributed by atoms with van der Waals surface area (Å²) in [6.07, 6.45) is 4.04. The lowest BCUT2D eigenvalue weighted by atomic mass is 10.2. The molecule has 3 rings (SSSR count). The molecule has 0 saturated heterocycles. The maximum Gasteiger partial charge on any atom is 0.338 e. The molecule has 1 aromatic heterocycles. The van der Waals surface area contributed by atoms with Crippen molar-refractivity contribution in [2.45, 2.75) is 32.6 Å². The fourth-order valence-electron chi connectivity index (χ4n) is 2.70. The summed E-state index contributed by atoms with van der Waals surface area (Å²) in [4.78, 5) is 28.3. The van der Waals surface area contributed by atoms with Gasteiger partial charge in [-0.25, -0.2) is 9.78 Å². The topological polar surface area (TPSA) is 81.4 Å². The number of rotatable bonds is 9. The number of ether oxygens (including phenoxy) is 1. The van der Waals surface area contributed by atoms with Crippen LogP contribution in [0.4, 0.5) is 5.69 Å². The fraction of sp³-hybridized carbons (Fsp3) is 0.261. The molecule has 1 N–H and O–H groups in total. The Morgan fingerprint density at radius 1 is 1.10 bits per heavy atom. The maximum atomic E-state index is 12.2. The van der Waals surface area contributed by atoms with Crippen molar-refractivity contribution in [1.82, 2.24) is 4.98 Å². The van der Waals surface area contributed by atoms with Gasteiger partial charge in [-0.3, -0.25) is 4.79 Å². The average molecular weight is 427 g/mol. The minimum Gasteiger partial charge on any atom is -0.462 e. The monoisotopic (exact) mass is 426 g/mol. The second-order valence-electron chi connectivity index (χ2n) is 6.74. The van der Waals surface area contributed by atoms with Crippen molar-refractivity contribution in [3.05, 3.63) is 71.2 Å². The highest BCUT2D eigenvalue weighted by Crippen LogP contribution is 2.22. The number of benzene rings is 2. The van der Waals surface area contributed by atoms with Gasteiger partial charge in [-0.15, -0.1) is 0 Å². The first-order chi connectivity index (χ1) is 14.5. The zero-order valence-electron chi connectivity index (χ0n) is 16.7. The Labute approximate surface area is 180 Å². The van der Waals surface area contributed by atoms with Crippen LogP contribution in [-0.4, -0.2) is 23.5 Å². The maximum absolute atomic E-state index is 12.2. The van der Waals surface area contributed by atoms with Gasteiger partial charge >= 0.3 is 5.97 Å². The standard InChI is InChI=1S/C23H23ClN2O4/c1-2-3-14-29-23(28)17-6-10-19(11-7-17)26-21(27)12-13-22-25-15-20(30-22)16-4-8-18(24)9-5-16/h4-11,15H,2-3,12-14H2,1H3,(H,26,27). The Bertz CT molecular complexity index is 981. The molecule has 0 aliphatic rings. The van der Waals surface area contributed by atoms with Gasteiger partial charge < -0.3 is 14.5 Å². The highest BCUT2D eigenvalue weighted by Gasteiger charge is 2.11. The van der Waals surface area contributed by atoms with Crippen molar-refractivity contribution in [3.63, 3.8) is 0 Å². The molecular weight excluding hydrogens is 404 g/mol. The van der Waals surface area contributed by atoms with E-state index in [0.29, 0.717) is 41.0 Å². The number of aryl methyl sites for hydroxylation is 1. The normalized spacial score (nSPS) is 10.6. The number of nitrogens with zero attached hydrogens (tertiary/aromatic N) is 1. The summed E-state index contributed by atoms with van der Waals surface area (Å²) >= 11 is 5.89. The molecule has 0 fully saturated rings. The number of halogens is 1. The summed E-state index contributed by atoms with van der Waals surface area (Å²) in [6, 6.07) is 13.9. The molecule has 0 aliphatic heterocycles. The molecule has 0 atom stereocenters. The van der Waals surface area contributed by atoms with E-state index in [4.69, 9.17) is 20.8 Å². The number of oxazole rings is 1. The van der Waals surface area contributed by atoms with Gasteiger partial charge in [0.05, 0.1) is 18.4 Å². The van der Waals surface area contributed by atoms with Crippen LogP contribution in [0.1, 0.15) is 42.4 Å². The highest BCUT2D eigenvalue weighted by atomic mass is 35.5. The largest absolute Gasteiger partial charge is 0.462 e. The van der Waals surface area contributed by atoms with E-state index in [1.54, 1.807) is 42.6 Å². The molecule has 2 aromatic carbocycles. The molecule has 0 bridgehead atoms. The van der Waals surface area contributed by atoms with E-state index in [1.165, 1.54) is 0 Å². The molecule has 1 heterocycles. The van der Waals surface area contributed by atoms with Crippen molar-refractivity contribution < 1.29 is 18.7 Å². The zero-order valence-corrected chi connectivity index (χ0v) is 17.4. The van der Waals surface area contributed by atoms with Crippen LogP contribution in [-0.2, 0) is 16.0 Å². The molecule has 1 amide bonds. The molecular formula is C23H23ClN2O4. The smallest absolute Gasteiger partial charge is 0.338 e. The number of esters is 1. The number of carbonyl (C=O) groups is 2. The molecule has 6 nitrogen and oxygen atoms in total. The van der Waals surface area contributed by atoms with Crippen molar-refractivity contribution in [2.75, 3.05) is 11.9 Å². The van der Waals surface area contributed by atoms with E-state index in [2.05, 4.69) is 10.3 Å². The minimum atomic E-state index is -0.360. The van der Waals surface area contributed by atoms with Crippen LogP contribution in [0.15, 0.2) is 59.1 Å². The Morgan fingerprint density at radius 3 is 2.53 bits per heavy atom. The van der Waals surface area contributed by atoms with E-state index in [9.17, 15) is 9.59 Å². The third-order valence-electron chi connectivity index (χ3n) is 4.38. The first-order valence-corrected chi connectivity index (χ1v) is 10.2. The van der Waals surface area contributed by atoms with Crippen molar-refractivity contribution in [1.29, 1.82) is 0 Å². The lowest BCUT2D eigenvalue weighted by Crippen LogP contribution is -2.12. The van der Waals surface area contributed by atoms with E-state index in [-0.39, 0.29) is 18.3 Å². The predicted octanol–water partition coefficient (Wildman–Crippen LogP) is 5.52. The van der Waals surface area contributed by atoms with Crippen LogP contribution in [0.2, 0.25) is 5.02 Å². The first kappa shape index (κ1) is 21.6. The Morgan fingerprint density at radius 2 is 1.83 bits per heavy atom. The van der Waals surface area contributed by atoms with Gasteiger partial charge in [0.1, 0.15) is 0 Å². The van der Waals surface area contributed by atoms with Gasteiger partial charge in [0.25, 0.3) is 0 Å². The Balaban J connectivity index is 1.48. The number of aromatic nitrogens is 1. The average Bonchev–Trinajstić information content (AvgIpc) is 3.22. The van der Waals surface area contributed by atoms with Crippen LogP contribution >= 0.6 is 11.6 Å². The zero-order chi connectivity index (χ0) is 21.3. The van der Waals surface area contributed by atoms with E-state index in [1.807, 2.05) is 19.1 Å². The second kappa shape index (κ2) is 10.6. The SMILES string of the molecule is CCCCOC(=O)c1ccc(NC(=O)CCc2ncc(-c3ccc(Cl)cc3)o2)cc1. The van der Waals surface area contributed by atoms with Crippen LogP contribution in [0.5, 0.6) is 0 Å². The molecule has 0 spiro atoms. The molecule has 7 heteroatoms.